The molecule has 2 amide bonds. The van der Waals surface area contributed by atoms with Gasteiger partial charge in [0.05, 0.1) is 11.9 Å². The summed E-state index contributed by atoms with van der Waals surface area (Å²) in [7, 11) is 0. The van der Waals surface area contributed by atoms with Gasteiger partial charge in [0, 0.05) is 37.7 Å². The van der Waals surface area contributed by atoms with E-state index in [0.717, 1.165) is 50.4 Å². The number of rotatable bonds is 4. The Morgan fingerprint density at radius 3 is 2.41 bits per heavy atom. The van der Waals surface area contributed by atoms with Crippen LogP contribution in [0.25, 0.3) is 0 Å². The maximum atomic E-state index is 12.4. The molecule has 1 aromatic heterocycles. The van der Waals surface area contributed by atoms with Crippen LogP contribution in [0.4, 0.5) is 11.5 Å². The summed E-state index contributed by atoms with van der Waals surface area (Å²) in [6.45, 7) is 5.01. The molecule has 2 heterocycles. The van der Waals surface area contributed by atoms with E-state index >= 15 is 0 Å². The summed E-state index contributed by atoms with van der Waals surface area (Å²) < 4.78 is 0. The van der Waals surface area contributed by atoms with E-state index in [1.807, 2.05) is 48.2 Å². The van der Waals surface area contributed by atoms with Crippen molar-refractivity contribution < 1.29 is 9.59 Å². The van der Waals surface area contributed by atoms with E-state index in [2.05, 4.69) is 15.2 Å². The predicted octanol–water partition coefficient (Wildman–Crippen LogP) is 2.70. The first-order valence-corrected chi connectivity index (χ1v) is 9.48. The number of hydrogen-bond acceptors (Lipinski definition) is 4. The van der Waals surface area contributed by atoms with E-state index in [4.69, 9.17) is 0 Å². The molecule has 1 aromatic carbocycles. The fourth-order valence-electron chi connectivity index (χ4n) is 3.42. The molecule has 1 saturated heterocycles. The number of piperazine rings is 1. The molecule has 0 spiro atoms. The lowest BCUT2D eigenvalue weighted by Crippen LogP contribution is -2.49. The van der Waals surface area contributed by atoms with Crippen LogP contribution in [0.1, 0.15) is 28.8 Å². The summed E-state index contributed by atoms with van der Waals surface area (Å²) in [5, 5.41) is 2.90. The Kier molecular flexibility index (Phi) is 4.79. The van der Waals surface area contributed by atoms with Gasteiger partial charge in [0.2, 0.25) is 5.91 Å². The predicted molar refractivity (Wildman–Crippen MR) is 105 cm³/mol. The second kappa shape index (κ2) is 7.39. The summed E-state index contributed by atoms with van der Waals surface area (Å²) in [6, 6.07) is 11.3. The highest BCUT2D eigenvalue weighted by Gasteiger charge is 2.34. The molecule has 6 heteroatoms. The minimum atomic E-state index is -0.130. The lowest BCUT2D eigenvalue weighted by molar-refractivity contribution is -0.132. The van der Waals surface area contributed by atoms with Gasteiger partial charge < -0.3 is 15.1 Å². The normalized spacial score (nSPS) is 16.9. The Hall–Kier alpha value is -2.89. The van der Waals surface area contributed by atoms with Crippen LogP contribution in [-0.2, 0) is 4.79 Å². The third-order valence-electron chi connectivity index (χ3n) is 5.24. The van der Waals surface area contributed by atoms with E-state index in [1.165, 1.54) is 0 Å². The highest BCUT2D eigenvalue weighted by molar-refractivity contribution is 6.05. The average Bonchev–Trinajstić information content (AvgIpc) is 3.54. The molecule has 1 N–H and O–H groups in total. The number of aromatic nitrogens is 1. The van der Waals surface area contributed by atoms with Crippen LogP contribution >= 0.6 is 0 Å². The third kappa shape index (κ3) is 3.94. The largest absolute Gasteiger partial charge is 0.353 e. The number of carbonyl (C=O) groups is 2. The molecule has 0 radical (unpaired) electrons. The highest BCUT2D eigenvalue weighted by Crippen LogP contribution is 2.31. The van der Waals surface area contributed by atoms with Crippen molar-refractivity contribution in [2.75, 3.05) is 36.4 Å². The zero-order valence-corrected chi connectivity index (χ0v) is 15.5. The van der Waals surface area contributed by atoms with Gasteiger partial charge in [0.1, 0.15) is 5.82 Å². The Balaban J connectivity index is 1.34. The third-order valence-corrected chi connectivity index (χ3v) is 5.24. The molecule has 140 valence electrons. The number of hydrogen-bond donors (Lipinski definition) is 1. The molecule has 0 unspecified atom stereocenters. The fraction of sp³-hybridized carbons (Fsp3) is 0.381. The maximum absolute atomic E-state index is 12.4. The zero-order valence-electron chi connectivity index (χ0n) is 15.5. The summed E-state index contributed by atoms with van der Waals surface area (Å²) in [5.41, 5.74) is 2.28. The number of nitrogens with one attached hydrogen (secondary N) is 1. The first kappa shape index (κ1) is 17.5. The minimum absolute atomic E-state index is 0.130. The Morgan fingerprint density at radius 1 is 1.04 bits per heavy atom. The van der Waals surface area contributed by atoms with Gasteiger partial charge in [-0.25, -0.2) is 4.98 Å². The van der Waals surface area contributed by atoms with E-state index < -0.39 is 0 Å². The van der Waals surface area contributed by atoms with Gasteiger partial charge >= 0.3 is 0 Å². The molecule has 0 bridgehead atoms. The lowest BCUT2D eigenvalue weighted by Gasteiger charge is -2.35. The highest BCUT2D eigenvalue weighted by atomic mass is 16.2. The summed E-state index contributed by atoms with van der Waals surface area (Å²) in [5.74, 6) is 1.35. The number of aryl methyl sites for hydroxylation is 1. The minimum Gasteiger partial charge on any atom is -0.353 e. The molecule has 2 aromatic rings. The summed E-state index contributed by atoms with van der Waals surface area (Å²) in [6.07, 6.45) is 3.79. The van der Waals surface area contributed by atoms with E-state index in [-0.39, 0.29) is 11.8 Å². The van der Waals surface area contributed by atoms with Crippen LogP contribution in [0.2, 0.25) is 0 Å². The molecule has 4 rings (SSSR count). The monoisotopic (exact) mass is 364 g/mol. The molecular formula is C21H24N4O2. The van der Waals surface area contributed by atoms with Crippen molar-refractivity contribution >= 4 is 23.3 Å². The Bertz CT molecular complexity index is 838. The van der Waals surface area contributed by atoms with Gasteiger partial charge in [-0.2, -0.15) is 0 Å². The number of amides is 2. The maximum Gasteiger partial charge on any atom is 0.255 e. The van der Waals surface area contributed by atoms with Crippen LogP contribution in [0.15, 0.2) is 42.6 Å². The molecular weight excluding hydrogens is 340 g/mol. The van der Waals surface area contributed by atoms with Crippen LogP contribution < -0.4 is 10.2 Å². The van der Waals surface area contributed by atoms with Gasteiger partial charge in [-0.05, 0) is 43.5 Å². The number of carbonyl (C=O) groups excluding carboxylic acids is 2. The average molecular weight is 364 g/mol. The van der Waals surface area contributed by atoms with Gasteiger partial charge in [0.15, 0.2) is 0 Å². The molecule has 2 aliphatic rings. The van der Waals surface area contributed by atoms with Crippen molar-refractivity contribution in [2.24, 2.45) is 5.92 Å². The summed E-state index contributed by atoms with van der Waals surface area (Å²) >= 11 is 0. The lowest BCUT2D eigenvalue weighted by atomic mass is 10.1. The number of anilines is 2. The van der Waals surface area contributed by atoms with Gasteiger partial charge in [-0.1, -0.05) is 18.2 Å². The molecule has 6 nitrogen and oxygen atoms in total. The number of pyridine rings is 1. The van der Waals surface area contributed by atoms with Crippen molar-refractivity contribution in [3.8, 4) is 0 Å². The SMILES string of the molecule is Cc1ccccc1C(=O)Nc1ccc(N2CCN(C(=O)C3CC3)CC2)nc1. The molecule has 1 aliphatic heterocycles. The van der Waals surface area contributed by atoms with Crippen LogP contribution in [0.3, 0.4) is 0 Å². The molecule has 1 saturated carbocycles. The van der Waals surface area contributed by atoms with E-state index in [1.54, 1.807) is 6.20 Å². The second-order valence-corrected chi connectivity index (χ2v) is 7.26. The van der Waals surface area contributed by atoms with Gasteiger partial charge in [-0.3, -0.25) is 9.59 Å². The molecule has 0 atom stereocenters. The topological polar surface area (TPSA) is 65.5 Å². The summed E-state index contributed by atoms with van der Waals surface area (Å²) in [4.78, 5) is 33.2. The van der Waals surface area contributed by atoms with Crippen molar-refractivity contribution in [3.05, 3.63) is 53.7 Å². The number of nitrogens with zero attached hydrogens (tertiary/aromatic N) is 3. The fourth-order valence-corrected chi connectivity index (χ4v) is 3.42. The molecule has 27 heavy (non-hydrogen) atoms. The van der Waals surface area contributed by atoms with Crippen molar-refractivity contribution in [3.63, 3.8) is 0 Å². The van der Waals surface area contributed by atoms with Crippen molar-refractivity contribution in [1.29, 1.82) is 0 Å². The van der Waals surface area contributed by atoms with Gasteiger partial charge in [-0.15, -0.1) is 0 Å². The first-order valence-electron chi connectivity index (χ1n) is 9.48. The Labute approximate surface area is 159 Å². The quantitative estimate of drug-likeness (QED) is 0.906. The van der Waals surface area contributed by atoms with Crippen LogP contribution in [-0.4, -0.2) is 47.9 Å². The Morgan fingerprint density at radius 2 is 1.78 bits per heavy atom. The second-order valence-electron chi connectivity index (χ2n) is 7.26. The van der Waals surface area contributed by atoms with Crippen LogP contribution in [0, 0.1) is 12.8 Å². The van der Waals surface area contributed by atoms with E-state index in [0.29, 0.717) is 17.2 Å². The standard InChI is InChI=1S/C21H24N4O2/c1-15-4-2-3-5-18(15)20(26)23-17-8-9-19(22-14-17)24-10-12-25(13-11-24)21(27)16-6-7-16/h2-5,8-9,14,16H,6-7,10-13H2,1H3,(H,23,26). The van der Waals surface area contributed by atoms with Gasteiger partial charge in [0.25, 0.3) is 5.91 Å². The van der Waals surface area contributed by atoms with E-state index in [9.17, 15) is 9.59 Å². The zero-order chi connectivity index (χ0) is 18.8. The first-order chi connectivity index (χ1) is 13.1. The van der Waals surface area contributed by atoms with Crippen LogP contribution in [0.5, 0.6) is 0 Å². The number of benzene rings is 1. The van der Waals surface area contributed by atoms with Crippen molar-refractivity contribution in [2.45, 2.75) is 19.8 Å². The molecule has 1 aliphatic carbocycles. The van der Waals surface area contributed by atoms with Crippen molar-refractivity contribution in [1.82, 2.24) is 9.88 Å². The molecule has 2 fully saturated rings. The smallest absolute Gasteiger partial charge is 0.255 e.